The summed E-state index contributed by atoms with van der Waals surface area (Å²) in [6.45, 7) is 8.32. The molecule has 0 unspecified atom stereocenters. The number of piperazine rings is 1. The molecule has 0 spiro atoms. The topological polar surface area (TPSA) is 41.1 Å². The van der Waals surface area contributed by atoms with E-state index in [1.165, 1.54) is 0 Å². The minimum absolute atomic E-state index is 0.343. The molecule has 3 nitrogen and oxygen atoms in total. The molecule has 0 radical (unpaired) electrons. The van der Waals surface area contributed by atoms with Crippen molar-refractivity contribution in [1.29, 1.82) is 0 Å². The minimum Gasteiger partial charge on any atom is -0.314 e. The Labute approximate surface area is 74.9 Å². The van der Waals surface area contributed by atoms with Crippen molar-refractivity contribution in [3.8, 4) is 0 Å². The number of hydrogen-bond donors (Lipinski definition) is 2. The van der Waals surface area contributed by atoms with Gasteiger partial charge < -0.3 is 10.6 Å². The van der Waals surface area contributed by atoms with Crippen molar-refractivity contribution in [3.05, 3.63) is 0 Å². The number of Topliss-reactive ketones (excluding diaryl/α,β-unsaturated/α-hetero) is 1. The second-order valence-corrected chi connectivity index (χ2v) is 2.75. The Morgan fingerprint density at radius 1 is 1.00 bits per heavy atom. The van der Waals surface area contributed by atoms with Gasteiger partial charge in [0.15, 0.2) is 0 Å². The molecule has 0 aromatic heterocycles. The molecular weight excluding hydrogens is 152 g/mol. The predicted molar refractivity (Wildman–Crippen MR) is 51.3 cm³/mol. The van der Waals surface area contributed by atoms with Crippen LogP contribution in [-0.2, 0) is 4.79 Å². The van der Waals surface area contributed by atoms with Crippen molar-refractivity contribution in [2.75, 3.05) is 26.2 Å². The zero-order valence-corrected chi connectivity index (χ0v) is 8.15. The molecule has 0 aromatic rings. The van der Waals surface area contributed by atoms with E-state index in [0.29, 0.717) is 18.6 Å². The van der Waals surface area contributed by atoms with Crippen LogP contribution in [-0.4, -0.2) is 32.0 Å². The fourth-order valence-corrected chi connectivity index (χ4v) is 0.854. The highest BCUT2D eigenvalue weighted by molar-refractivity contribution is 5.77. The third-order valence-corrected chi connectivity index (χ3v) is 1.75. The normalized spacial score (nSPS) is 16.2. The predicted octanol–water partition coefficient (Wildman–Crippen LogP) is 0.555. The monoisotopic (exact) mass is 172 g/mol. The van der Waals surface area contributed by atoms with Crippen LogP contribution in [0.4, 0.5) is 0 Å². The van der Waals surface area contributed by atoms with E-state index < -0.39 is 0 Å². The maximum absolute atomic E-state index is 10.2. The molecule has 1 saturated heterocycles. The van der Waals surface area contributed by atoms with Gasteiger partial charge in [-0.15, -0.1) is 0 Å². The minimum atomic E-state index is 0.343. The van der Waals surface area contributed by atoms with Gasteiger partial charge in [-0.05, 0) is 0 Å². The Hall–Kier alpha value is -0.410. The van der Waals surface area contributed by atoms with Crippen LogP contribution in [0.25, 0.3) is 0 Å². The van der Waals surface area contributed by atoms with Gasteiger partial charge in [-0.3, -0.25) is 4.79 Å². The molecule has 1 aliphatic rings. The summed E-state index contributed by atoms with van der Waals surface area (Å²) in [6, 6.07) is 0. The number of carbonyl (C=O) groups is 1. The smallest absolute Gasteiger partial charge is 0.132 e. The Kier molecular flexibility index (Phi) is 8.39. The van der Waals surface area contributed by atoms with E-state index in [1.807, 2.05) is 13.8 Å². The third kappa shape index (κ3) is 7.69. The van der Waals surface area contributed by atoms with Crippen LogP contribution >= 0.6 is 0 Å². The van der Waals surface area contributed by atoms with Gasteiger partial charge in [-0.25, -0.2) is 0 Å². The van der Waals surface area contributed by atoms with E-state index >= 15 is 0 Å². The lowest BCUT2D eigenvalue weighted by molar-refractivity contribution is -0.118. The summed E-state index contributed by atoms with van der Waals surface area (Å²) in [5, 5.41) is 6.44. The maximum Gasteiger partial charge on any atom is 0.132 e. The lowest BCUT2D eigenvalue weighted by Crippen LogP contribution is -2.39. The molecule has 0 saturated carbocycles. The van der Waals surface area contributed by atoms with Gasteiger partial charge in [-0.2, -0.15) is 0 Å². The average molecular weight is 172 g/mol. The molecule has 3 heteroatoms. The fourth-order valence-electron chi connectivity index (χ4n) is 0.854. The molecule has 0 aromatic carbocycles. The van der Waals surface area contributed by atoms with E-state index in [2.05, 4.69) is 10.6 Å². The molecule has 0 bridgehead atoms. The molecule has 0 atom stereocenters. The van der Waals surface area contributed by atoms with Crippen molar-refractivity contribution in [1.82, 2.24) is 10.6 Å². The van der Waals surface area contributed by atoms with Crippen molar-refractivity contribution in [2.24, 2.45) is 0 Å². The summed E-state index contributed by atoms with van der Waals surface area (Å²) in [5.41, 5.74) is 0. The van der Waals surface area contributed by atoms with Gasteiger partial charge in [0, 0.05) is 39.0 Å². The summed E-state index contributed by atoms with van der Waals surface area (Å²) in [5.74, 6) is 0.343. The van der Waals surface area contributed by atoms with Crippen LogP contribution < -0.4 is 10.6 Å². The zero-order chi connectivity index (χ0) is 9.23. The van der Waals surface area contributed by atoms with Gasteiger partial charge in [0.2, 0.25) is 0 Å². The Balaban J connectivity index is 0.000000202. The average Bonchev–Trinajstić information content (AvgIpc) is 2.20. The first-order valence-corrected chi connectivity index (χ1v) is 4.74. The van der Waals surface area contributed by atoms with Crippen LogP contribution in [0.2, 0.25) is 0 Å². The number of rotatable bonds is 2. The largest absolute Gasteiger partial charge is 0.314 e. The van der Waals surface area contributed by atoms with Crippen molar-refractivity contribution in [2.45, 2.75) is 26.7 Å². The second-order valence-electron chi connectivity index (χ2n) is 2.75. The highest BCUT2D eigenvalue weighted by Gasteiger charge is 1.91. The second kappa shape index (κ2) is 8.68. The lowest BCUT2D eigenvalue weighted by Gasteiger charge is -2.11. The van der Waals surface area contributed by atoms with E-state index in [9.17, 15) is 4.79 Å². The quantitative estimate of drug-likeness (QED) is 0.639. The zero-order valence-electron chi connectivity index (χ0n) is 8.15. The van der Waals surface area contributed by atoms with Crippen LogP contribution in [0.3, 0.4) is 0 Å². The van der Waals surface area contributed by atoms with E-state index in [4.69, 9.17) is 0 Å². The van der Waals surface area contributed by atoms with Crippen molar-refractivity contribution < 1.29 is 4.79 Å². The third-order valence-electron chi connectivity index (χ3n) is 1.75. The van der Waals surface area contributed by atoms with Crippen LogP contribution in [0.15, 0.2) is 0 Å². The lowest BCUT2D eigenvalue weighted by atomic mass is 10.3. The Morgan fingerprint density at radius 3 is 1.42 bits per heavy atom. The molecule has 12 heavy (non-hydrogen) atoms. The number of carbonyl (C=O) groups excluding carboxylic acids is 1. The molecule has 1 heterocycles. The number of ketones is 1. The van der Waals surface area contributed by atoms with E-state index in [-0.39, 0.29) is 0 Å². The first-order chi connectivity index (χ1) is 5.81. The summed E-state index contributed by atoms with van der Waals surface area (Å²) >= 11 is 0. The maximum atomic E-state index is 10.2. The molecule has 72 valence electrons. The van der Waals surface area contributed by atoms with Crippen molar-refractivity contribution >= 4 is 5.78 Å². The highest BCUT2D eigenvalue weighted by Crippen LogP contribution is 1.83. The Bertz CT molecular complexity index is 93.6. The molecule has 1 aliphatic heterocycles. The molecular formula is C9H20N2O. The molecule has 2 N–H and O–H groups in total. The summed E-state index contributed by atoms with van der Waals surface area (Å²) in [4.78, 5) is 10.2. The van der Waals surface area contributed by atoms with Crippen LogP contribution in [0.1, 0.15) is 26.7 Å². The van der Waals surface area contributed by atoms with E-state index in [0.717, 1.165) is 26.2 Å². The van der Waals surface area contributed by atoms with Gasteiger partial charge >= 0.3 is 0 Å². The van der Waals surface area contributed by atoms with Gasteiger partial charge in [0.05, 0.1) is 0 Å². The van der Waals surface area contributed by atoms with Crippen LogP contribution in [0.5, 0.6) is 0 Å². The number of hydrogen-bond acceptors (Lipinski definition) is 3. The SMILES string of the molecule is C1CNCCN1.CCC(=O)CC. The van der Waals surface area contributed by atoms with Crippen molar-refractivity contribution in [3.63, 3.8) is 0 Å². The first-order valence-electron chi connectivity index (χ1n) is 4.74. The molecule has 0 amide bonds. The van der Waals surface area contributed by atoms with Gasteiger partial charge in [-0.1, -0.05) is 13.8 Å². The van der Waals surface area contributed by atoms with Crippen LogP contribution in [0, 0.1) is 0 Å². The van der Waals surface area contributed by atoms with Gasteiger partial charge in [0.1, 0.15) is 5.78 Å². The summed E-state index contributed by atoms with van der Waals surface area (Å²) < 4.78 is 0. The summed E-state index contributed by atoms with van der Waals surface area (Å²) in [6.07, 6.45) is 1.38. The van der Waals surface area contributed by atoms with Gasteiger partial charge in [0.25, 0.3) is 0 Å². The van der Waals surface area contributed by atoms with E-state index in [1.54, 1.807) is 0 Å². The number of nitrogens with one attached hydrogen (secondary N) is 2. The molecule has 1 fully saturated rings. The fraction of sp³-hybridized carbons (Fsp3) is 0.889. The standard InChI is InChI=1S/C5H10O.C4H10N2/c1-3-5(6)4-2;1-2-6-4-3-5-1/h3-4H2,1-2H3;5-6H,1-4H2. The highest BCUT2D eigenvalue weighted by atomic mass is 16.1. The first kappa shape index (κ1) is 11.6. The molecule has 0 aliphatic carbocycles. The summed E-state index contributed by atoms with van der Waals surface area (Å²) in [7, 11) is 0. The molecule has 1 rings (SSSR count). The Morgan fingerprint density at radius 2 is 1.33 bits per heavy atom.